The Morgan fingerprint density at radius 3 is 2.52 bits per heavy atom. The number of hydrogen-bond donors (Lipinski definition) is 2. The van der Waals surface area contributed by atoms with Gasteiger partial charge in [-0.2, -0.15) is 4.98 Å². The molecule has 3 aromatic rings. The highest BCUT2D eigenvalue weighted by Gasteiger charge is 2.16. The Morgan fingerprint density at radius 1 is 1.11 bits per heavy atom. The molecule has 0 aliphatic carbocycles. The first-order valence-electron chi connectivity index (χ1n) is 8.73. The zero-order valence-corrected chi connectivity index (χ0v) is 16.0. The fourth-order valence-corrected chi connectivity index (χ4v) is 2.78. The van der Waals surface area contributed by atoms with E-state index in [0.717, 1.165) is 27.8 Å². The van der Waals surface area contributed by atoms with E-state index in [9.17, 15) is 9.18 Å². The summed E-state index contributed by atoms with van der Waals surface area (Å²) in [6.45, 7) is 7.24. The molecule has 140 valence electrons. The zero-order chi connectivity index (χ0) is 19.7. The van der Waals surface area contributed by atoms with E-state index in [1.807, 2.05) is 19.9 Å². The largest absolute Gasteiger partial charge is 0.357 e. The number of benzene rings is 1. The summed E-state index contributed by atoms with van der Waals surface area (Å²) < 4.78 is 14.3. The van der Waals surface area contributed by atoms with Crippen molar-refractivity contribution >= 4 is 28.6 Å². The quantitative estimate of drug-likeness (QED) is 0.726. The predicted molar refractivity (Wildman–Crippen MR) is 105 cm³/mol. The minimum absolute atomic E-state index is 0.163. The molecule has 0 saturated carbocycles. The molecule has 0 bridgehead atoms. The Hall–Kier alpha value is -3.09. The van der Waals surface area contributed by atoms with Crippen LogP contribution in [0.5, 0.6) is 0 Å². The highest BCUT2D eigenvalue weighted by Crippen LogP contribution is 2.32. The minimum Gasteiger partial charge on any atom is -0.357 e. The van der Waals surface area contributed by atoms with Crippen molar-refractivity contribution in [1.29, 1.82) is 0 Å². The summed E-state index contributed by atoms with van der Waals surface area (Å²) in [7, 11) is 1.75. The average molecular weight is 367 g/mol. The summed E-state index contributed by atoms with van der Waals surface area (Å²) in [6, 6.07) is 5.02. The van der Waals surface area contributed by atoms with Gasteiger partial charge in [-0.15, -0.1) is 0 Å². The van der Waals surface area contributed by atoms with Gasteiger partial charge in [0.25, 0.3) is 0 Å². The third kappa shape index (κ3) is 3.72. The molecule has 2 aromatic heterocycles. The molecule has 1 amide bonds. The number of hydrogen-bond acceptors (Lipinski definition) is 5. The number of aromatic nitrogens is 3. The Bertz CT molecular complexity index is 1030. The lowest BCUT2D eigenvalue weighted by molar-refractivity contribution is -0.118. The first-order chi connectivity index (χ1) is 12.8. The Balaban J connectivity index is 2.12. The molecule has 0 radical (unpaired) electrons. The lowest BCUT2D eigenvalue weighted by Gasteiger charge is -2.15. The van der Waals surface area contributed by atoms with Crippen LogP contribution in [-0.4, -0.2) is 27.9 Å². The number of aryl methyl sites for hydroxylation is 2. The van der Waals surface area contributed by atoms with Gasteiger partial charge in [0, 0.05) is 35.8 Å². The molecule has 6 nitrogen and oxygen atoms in total. The van der Waals surface area contributed by atoms with Crippen LogP contribution in [0.15, 0.2) is 24.4 Å². The van der Waals surface area contributed by atoms with E-state index in [4.69, 9.17) is 0 Å². The molecule has 7 heteroatoms. The van der Waals surface area contributed by atoms with Gasteiger partial charge in [0.15, 0.2) is 5.65 Å². The lowest BCUT2D eigenvalue weighted by Crippen LogP contribution is -2.18. The molecule has 2 N–H and O–H groups in total. The first-order valence-corrected chi connectivity index (χ1v) is 8.73. The average Bonchev–Trinajstić information content (AvgIpc) is 2.62. The number of nitrogens with one attached hydrogen (secondary N) is 2. The van der Waals surface area contributed by atoms with Gasteiger partial charge in [0.05, 0.1) is 5.69 Å². The van der Waals surface area contributed by atoms with Crippen LogP contribution in [0.25, 0.3) is 22.2 Å². The molecule has 3 rings (SSSR count). The van der Waals surface area contributed by atoms with E-state index in [1.54, 1.807) is 33.2 Å². The molecule has 2 heterocycles. The van der Waals surface area contributed by atoms with E-state index < -0.39 is 5.82 Å². The smallest absolute Gasteiger partial charge is 0.227 e. The van der Waals surface area contributed by atoms with Gasteiger partial charge >= 0.3 is 0 Å². The van der Waals surface area contributed by atoms with Gasteiger partial charge in [0.1, 0.15) is 5.82 Å². The van der Waals surface area contributed by atoms with Crippen molar-refractivity contribution in [2.75, 3.05) is 17.7 Å². The number of halogens is 1. The van der Waals surface area contributed by atoms with Crippen LogP contribution in [0.2, 0.25) is 0 Å². The molecule has 0 aliphatic heterocycles. The number of anilines is 2. The maximum atomic E-state index is 14.3. The molecule has 0 atom stereocenters. The van der Waals surface area contributed by atoms with Gasteiger partial charge < -0.3 is 10.6 Å². The van der Waals surface area contributed by atoms with Gasteiger partial charge in [-0.05, 0) is 43.2 Å². The normalized spacial score (nSPS) is 11.1. The number of amides is 1. The lowest BCUT2D eigenvalue weighted by atomic mass is 9.97. The van der Waals surface area contributed by atoms with Crippen molar-refractivity contribution in [1.82, 2.24) is 15.0 Å². The third-order valence-corrected chi connectivity index (χ3v) is 4.37. The van der Waals surface area contributed by atoms with Crippen molar-refractivity contribution in [3.8, 4) is 11.1 Å². The minimum atomic E-state index is -0.460. The second kappa shape index (κ2) is 7.26. The van der Waals surface area contributed by atoms with Crippen molar-refractivity contribution < 1.29 is 9.18 Å². The van der Waals surface area contributed by atoms with Crippen molar-refractivity contribution in [2.45, 2.75) is 27.7 Å². The van der Waals surface area contributed by atoms with E-state index >= 15 is 0 Å². The van der Waals surface area contributed by atoms with Crippen LogP contribution in [0.4, 0.5) is 16.0 Å². The van der Waals surface area contributed by atoms with Gasteiger partial charge in [0.2, 0.25) is 11.9 Å². The Labute approximate surface area is 157 Å². The second-order valence-corrected chi connectivity index (χ2v) is 6.77. The molecule has 1 aromatic carbocycles. The highest BCUT2D eigenvalue weighted by molar-refractivity contribution is 5.93. The molecule has 0 saturated heterocycles. The summed E-state index contributed by atoms with van der Waals surface area (Å²) in [5.74, 6) is -0.431. The number of carbonyl (C=O) groups is 1. The van der Waals surface area contributed by atoms with Gasteiger partial charge in [-0.25, -0.2) is 14.4 Å². The topological polar surface area (TPSA) is 79.8 Å². The third-order valence-electron chi connectivity index (χ3n) is 4.37. The number of nitrogens with zero attached hydrogens (tertiary/aromatic N) is 3. The number of fused-ring (bicyclic) bond motifs is 1. The van der Waals surface area contributed by atoms with Crippen molar-refractivity contribution in [3.05, 3.63) is 41.5 Å². The Morgan fingerprint density at radius 2 is 1.85 bits per heavy atom. The molecular weight excluding hydrogens is 345 g/mol. The summed E-state index contributed by atoms with van der Waals surface area (Å²) in [5.41, 5.74) is 3.92. The molecule has 27 heavy (non-hydrogen) atoms. The van der Waals surface area contributed by atoms with Crippen LogP contribution in [0.1, 0.15) is 25.1 Å². The van der Waals surface area contributed by atoms with E-state index in [1.165, 1.54) is 6.07 Å². The van der Waals surface area contributed by atoms with Gasteiger partial charge in [-0.1, -0.05) is 13.8 Å². The highest BCUT2D eigenvalue weighted by atomic mass is 19.1. The second-order valence-electron chi connectivity index (χ2n) is 6.77. The molecule has 0 unspecified atom stereocenters. The van der Waals surface area contributed by atoms with Gasteiger partial charge in [-0.3, -0.25) is 4.79 Å². The fraction of sp³-hybridized carbons (Fsp3) is 0.300. The molecule has 0 fully saturated rings. The SMILES string of the molecule is CNc1ncc2cc(-c3cc(NC(=O)C(C)C)c(F)cc3C)c(C)nc2n1. The van der Waals surface area contributed by atoms with Crippen LogP contribution in [-0.2, 0) is 4.79 Å². The van der Waals surface area contributed by atoms with Crippen molar-refractivity contribution in [3.63, 3.8) is 0 Å². The zero-order valence-electron chi connectivity index (χ0n) is 16.0. The summed E-state index contributed by atoms with van der Waals surface area (Å²) in [4.78, 5) is 25.1. The maximum absolute atomic E-state index is 14.3. The predicted octanol–water partition coefficient (Wildman–Crippen LogP) is 4.08. The monoisotopic (exact) mass is 367 g/mol. The van der Waals surface area contributed by atoms with Crippen LogP contribution >= 0.6 is 0 Å². The van der Waals surface area contributed by atoms with E-state index in [2.05, 4.69) is 25.6 Å². The summed E-state index contributed by atoms with van der Waals surface area (Å²) >= 11 is 0. The number of rotatable bonds is 4. The summed E-state index contributed by atoms with van der Waals surface area (Å²) in [5, 5.41) is 6.33. The van der Waals surface area contributed by atoms with Crippen LogP contribution in [0.3, 0.4) is 0 Å². The van der Waals surface area contributed by atoms with E-state index in [-0.39, 0.29) is 17.5 Å². The summed E-state index contributed by atoms with van der Waals surface area (Å²) in [6.07, 6.45) is 1.70. The molecular formula is C20H22FN5O. The molecule has 0 spiro atoms. The van der Waals surface area contributed by atoms with Crippen molar-refractivity contribution in [2.24, 2.45) is 5.92 Å². The standard InChI is InChI=1S/C20H22FN5O/c1-10(2)19(27)25-17-8-14(11(3)6-16(17)21)15-7-13-9-23-20(22-5)26-18(13)24-12(15)4/h6-10H,1-5H3,(H,25,27)(H,22,23,24,26). The van der Waals surface area contributed by atoms with E-state index in [0.29, 0.717) is 11.6 Å². The number of pyridine rings is 1. The fourth-order valence-electron chi connectivity index (χ4n) is 2.78. The molecule has 0 aliphatic rings. The van der Waals surface area contributed by atoms with Crippen LogP contribution in [0, 0.1) is 25.6 Å². The maximum Gasteiger partial charge on any atom is 0.227 e. The first kappa shape index (κ1) is 18.7. The Kier molecular flexibility index (Phi) is 5.03. The number of carbonyl (C=O) groups excluding carboxylic acids is 1. The van der Waals surface area contributed by atoms with Crippen LogP contribution < -0.4 is 10.6 Å².